The number of carboxylic acids is 1. The van der Waals surface area contributed by atoms with Crippen molar-refractivity contribution in [1.29, 1.82) is 0 Å². The lowest BCUT2D eigenvalue weighted by atomic mass is 10.0. The number of hydrogen-bond acceptors (Lipinski definition) is 12. The van der Waals surface area contributed by atoms with E-state index in [1.54, 1.807) is 0 Å². The van der Waals surface area contributed by atoms with Crippen molar-refractivity contribution in [2.45, 2.75) is 36.9 Å². The molecule has 39 heavy (non-hydrogen) atoms. The summed E-state index contributed by atoms with van der Waals surface area (Å²) in [5, 5.41) is 38.0. The molecule has 4 rings (SSSR count). The van der Waals surface area contributed by atoms with Gasteiger partial charge in [0, 0.05) is 17.5 Å². The van der Waals surface area contributed by atoms with E-state index >= 15 is 0 Å². The Morgan fingerprint density at radius 2 is 2.03 bits per heavy atom. The zero-order valence-corrected chi connectivity index (χ0v) is 22.3. The standard InChI is InChI=1S/C23H24N6O8S2/c1-10(2)8-37-27-15(13-9-38-23(24)25-13)19(31)26-16-20(32)28-17(22(33)34)18(30)14(39-21(16)28)7-11-3-5-12(6-4-11)29(35)36/h3-6,9-10,14,16,21,30H,7-8H2,1-2H3,(H2,24,25)(H,26,31)(H,33,34)/t14?,16?,21-/m1/s1. The van der Waals surface area contributed by atoms with Crippen LogP contribution in [0.15, 0.2) is 46.3 Å². The normalized spacial score (nSPS) is 20.9. The minimum atomic E-state index is -1.51. The van der Waals surface area contributed by atoms with Crippen LogP contribution in [0.25, 0.3) is 0 Å². The highest BCUT2D eigenvalue weighted by molar-refractivity contribution is 8.00. The van der Waals surface area contributed by atoms with Gasteiger partial charge in [0.15, 0.2) is 16.5 Å². The van der Waals surface area contributed by atoms with Crippen LogP contribution in [-0.4, -0.2) is 71.8 Å². The van der Waals surface area contributed by atoms with Crippen LogP contribution in [0.1, 0.15) is 25.1 Å². The number of aliphatic hydroxyl groups excluding tert-OH is 1. The third-order valence-electron chi connectivity index (χ3n) is 5.74. The molecule has 0 bridgehead atoms. The highest BCUT2D eigenvalue weighted by Crippen LogP contribution is 2.44. The van der Waals surface area contributed by atoms with Crippen molar-refractivity contribution < 1.29 is 34.4 Å². The van der Waals surface area contributed by atoms with Gasteiger partial charge in [0.25, 0.3) is 17.5 Å². The quantitative estimate of drug-likeness (QED) is 0.139. The molecule has 1 aromatic carbocycles. The molecule has 0 saturated carbocycles. The van der Waals surface area contributed by atoms with Crippen LogP contribution in [0.5, 0.6) is 0 Å². The van der Waals surface area contributed by atoms with Crippen LogP contribution in [0.4, 0.5) is 10.8 Å². The zero-order valence-electron chi connectivity index (χ0n) is 20.6. The number of carboxylic acid groups (broad SMARTS) is 1. The molecule has 2 unspecified atom stereocenters. The minimum Gasteiger partial charge on any atom is -0.509 e. The van der Waals surface area contributed by atoms with Crippen LogP contribution in [0.2, 0.25) is 0 Å². The Bertz CT molecular complexity index is 1370. The lowest BCUT2D eigenvalue weighted by Crippen LogP contribution is -2.71. The summed E-state index contributed by atoms with van der Waals surface area (Å²) in [6, 6.07) is 4.48. The van der Waals surface area contributed by atoms with E-state index in [0.717, 1.165) is 28.0 Å². The smallest absolute Gasteiger partial charge is 0.356 e. The second-order valence-corrected chi connectivity index (χ2v) is 11.3. The number of oxime groups is 1. The fourth-order valence-electron chi connectivity index (χ4n) is 3.87. The predicted molar refractivity (Wildman–Crippen MR) is 142 cm³/mol. The third-order valence-corrected chi connectivity index (χ3v) is 7.89. The van der Waals surface area contributed by atoms with Crippen molar-refractivity contribution in [2.24, 2.45) is 11.1 Å². The van der Waals surface area contributed by atoms with E-state index in [9.17, 15) is 34.7 Å². The van der Waals surface area contributed by atoms with E-state index in [1.807, 2.05) is 13.8 Å². The number of nitrogens with two attached hydrogens (primary N) is 1. The topological polar surface area (TPSA) is 211 Å². The first-order valence-corrected chi connectivity index (χ1v) is 13.4. The number of thioether (sulfide) groups is 1. The Morgan fingerprint density at radius 1 is 1.33 bits per heavy atom. The number of hydrogen-bond donors (Lipinski definition) is 4. The number of carbonyl (C=O) groups excluding carboxylic acids is 2. The molecule has 2 aromatic rings. The number of aliphatic carboxylic acids is 1. The number of nitro groups is 1. The number of aromatic nitrogens is 1. The number of non-ortho nitro benzene ring substituents is 1. The number of carbonyl (C=O) groups is 3. The third kappa shape index (κ3) is 5.80. The number of amides is 2. The lowest BCUT2D eigenvalue weighted by Gasteiger charge is -2.50. The maximum atomic E-state index is 13.2. The number of thiazole rings is 1. The maximum absolute atomic E-state index is 13.2. The molecule has 0 aliphatic carbocycles. The number of rotatable bonds is 10. The number of benzene rings is 1. The zero-order chi connectivity index (χ0) is 28.4. The molecular weight excluding hydrogens is 552 g/mol. The van der Waals surface area contributed by atoms with Gasteiger partial charge >= 0.3 is 5.97 Å². The molecule has 14 nitrogen and oxygen atoms in total. The van der Waals surface area contributed by atoms with Crippen molar-refractivity contribution in [3.63, 3.8) is 0 Å². The first-order chi connectivity index (χ1) is 18.5. The molecule has 1 saturated heterocycles. The van der Waals surface area contributed by atoms with E-state index < -0.39 is 50.8 Å². The summed E-state index contributed by atoms with van der Waals surface area (Å²) in [7, 11) is 0. The number of anilines is 1. The first-order valence-electron chi connectivity index (χ1n) is 11.6. The van der Waals surface area contributed by atoms with E-state index in [2.05, 4.69) is 15.5 Å². The average Bonchev–Trinajstić information content (AvgIpc) is 3.31. The Morgan fingerprint density at radius 3 is 2.59 bits per heavy atom. The van der Waals surface area contributed by atoms with Crippen LogP contribution >= 0.6 is 23.1 Å². The maximum Gasteiger partial charge on any atom is 0.356 e. The van der Waals surface area contributed by atoms with Gasteiger partial charge in [0.05, 0.1) is 10.2 Å². The molecule has 2 amide bonds. The van der Waals surface area contributed by atoms with Gasteiger partial charge in [0.1, 0.15) is 29.5 Å². The van der Waals surface area contributed by atoms with Gasteiger partial charge in [-0.3, -0.25) is 24.6 Å². The summed E-state index contributed by atoms with van der Waals surface area (Å²) >= 11 is 2.17. The van der Waals surface area contributed by atoms with Gasteiger partial charge in [-0.1, -0.05) is 31.1 Å². The van der Waals surface area contributed by atoms with Crippen LogP contribution in [-0.2, 0) is 25.6 Å². The molecule has 2 aliphatic rings. The Kier molecular flexibility index (Phi) is 8.06. The number of nitrogen functional groups attached to an aromatic ring is 1. The number of nitro benzene ring substituents is 1. The molecule has 206 valence electrons. The minimum absolute atomic E-state index is 0.115. The molecule has 1 aromatic heterocycles. The molecule has 0 radical (unpaired) electrons. The summed E-state index contributed by atoms with van der Waals surface area (Å²) in [6.45, 7) is 4.02. The number of nitrogens with one attached hydrogen (secondary N) is 1. The fraction of sp³-hybridized carbons (Fsp3) is 0.348. The van der Waals surface area contributed by atoms with E-state index in [4.69, 9.17) is 10.6 Å². The monoisotopic (exact) mass is 576 g/mol. The molecular formula is C23H24N6O8S2. The van der Waals surface area contributed by atoms with Gasteiger partial charge in [-0.15, -0.1) is 23.1 Å². The van der Waals surface area contributed by atoms with Crippen molar-refractivity contribution in [2.75, 3.05) is 12.3 Å². The number of aliphatic hydroxyl groups is 1. The molecule has 16 heteroatoms. The van der Waals surface area contributed by atoms with Crippen LogP contribution in [0.3, 0.4) is 0 Å². The SMILES string of the molecule is CC(C)CON=C(C(=O)NC1C(=O)N2C(C(=O)O)=C(O)C(Cc3ccc([N+](=O)[O-])cc3)S[C@H]12)c1csc(N)n1. The van der Waals surface area contributed by atoms with Gasteiger partial charge in [-0.25, -0.2) is 9.78 Å². The molecule has 5 N–H and O–H groups in total. The summed E-state index contributed by atoms with van der Waals surface area (Å²) in [5.41, 5.74) is 5.56. The lowest BCUT2D eigenvalue weighted by molar-refractivity contribution is -0.384. The fourth-order valence-corrected chi connectivity index (χ4v) is 5.96. The largest absolute Gasteiger partial charge is 0.509 e. The first kappa shape index (κ1) is 27.8. The van der Waals surface area contributed by atoms with Gasteiger partial charge < -0.3 is 26.1 Å². The second kappa shape index (κ2) is 11.3. The summed E-state index contributed by atoms with van der Waals surface area (Å²) in [5.74, 6) is -3.39. The van der Waals surface area contributed by atoms with Crippen LogP contribution in [0, 0.1) is 16.0 Å². The summed E-state index contributed by atoms with van der Waals surface area (Å²) < 4.78 is 0. The van der Waals surface area contributed by atoms with Gasteiger partial charge in [-0.05, 0) is 17.9 Å². The predicted octanol–water partition coefficient (Wildman–Crippen LogP) is 1.88. The van der Waals surface area contributed by atoms with Crippen molar-refractivity contribution in [3.05, 3.63) is 62.5 Å². The van der Waals surface area contributed by atoms with Crippen molar-refractivity contribution in [3.8, 4) is 0 Å². The number of β-lactam (4-membered cyclic amide) rings is 1. The Hall–Kier alpha value is -4.18. The van der Waals surface area contributed by atoms with Crippen LogP contribution < -0.4 is 11.1 Å². The van der Waals surface area contributed by atoms with E-state index in [1.165, 1.54) is 29.6 Å². The Labute approximate surface area is 229 Å². The molecule has 3 atom stereocenters. The summed E-state index contributed by atoms with van der Waals surface area (Å²) in [4.78, 5) is 58.7. The van der Waals surface area contributed by atoms with Crippen molar-refractivity contribution in [1.82, 2.24) is 15.2 Å². The van der Waals surface area contributed by atoms with Gasteiger partial charge in [0.2, 0.25) is 0 Å². The highest BCUT2D eigenvalue weighted by Gasteiger charge is 2.56. The van der Waals surface area contributed by atoms with Crippen molar-refractivity contribution >= 4 is 57.4 Å². The number of fused-ring (bicyclic) bond motifs is 1. The molecule has 2 aliphatic heterocycles. The van der Waals surface area contributed by atoms with E-state index in [-0.39, 0.29) is 41.2 Å². The molecule has 3 heterocycles. The number of nitrogens with zero attached hydrogens (tertiary/aromatic N) is 4. The van der Waals surface area contributed by atoms with Gasteiger partial charge in [-0.2, -0.15) is 0 Å². The Balaban J connectivity index is 1.56. The molecule has 1 fully saturated rings. The second-order valence-electron chi connectivity index (χ2n) is 9.04. The molecule has 0 spiro atoms. The summed E-state index contributed by atoms with van der Waals surface area (Å²) in [6.07, 6.45) is 0.123. The average molecular weight is 577 g/mol. The highest BCUT2D eigenvalue weighted by atomic mass is 32.2. The van der Waals surface area contributed by atoms with E-state index in [0.29, 0.717) is 5.56 Å².